The second kappa shape index (κ2) is 4.96. The van der Waals surface area contributed by atoms with E-state index in [-0.39, 0.29) is 16.0 Å². The Morgan fingerprint density at radius 1 is 1.53 bits per heavy atom. The summed E-state index contributed by atoms with van der Waals surface area (Å²) in [6, 6.07) is 1.71. The van der Waals surface area contributed by atoms with Gasteiger partial charge >= 0.3 is 0 Å². The number of thiocarbonyl (C=S) groups is 1. The van der Waals surface area contributed by atoms with E-state index in [4.69, 9.17) is 18.0 Å². The molecule has 0 saturated heterocycles. The zero-order valence-corrected chi connectivity index (χ0v) is 11.6. The van der Waals surface area contributed by atoms with E-state index in [0.29, 0.717) is 12.1 Å². The third kappa shape index (κ3) is 3.12. The van der Waals surface area contributed by atoms with Crippen LogP contribution in [0.4, 0.5) is 0 Å². The SMILES string of the molecule is CCCn1nc(C(C)(C)C)cc(C(N)=S)c1=O. The average Bonchev–Trinajstić information content (AvgIpc) is 2.19. The molecule has 0 spiro atoms. The Balaban J connectivity index is 3.48. The summed E-state index contributed by atoms with van der Waals surface area (Å²) < 4.78 is 1.45. The fraction of sp³-hybridized carbons (Fsp3) is 0.583. The molecule has 0 bridgehead atoms. The molecule has 1 aromatic rings. The van der Waals surface area contributed by atoms with Gasteiger partial charge in [0.05, 0.1) is 11.3 Å². The van der Waals surface area contributed by atoms with Gasteiger partial charge < -0.3 is 5.73 Å². The topological polar surface area (TPSA) is 60.9 Å². The molecule has 4 nitrogen and oxygen atoms in total. The monoisotopic (exact) mass is 253 g/mol. The Morgan fingerprint density at radius 3 is 2.53 bits per heavy atom. The molecule has 5 heteroatoms. The number of hydrogen-bond donors (Lipinski definition) is 1. The first-order valence-corrected chi connectivity index (χ1v) is 6.10. The van der Waals surface area contributed by atoms with E-state index in [9.17, 15) is 4.79 Å². The fourth-order valence-electron chi connectivity index (χ4n) is 1.45. The van der Waals surface area contributed by atoms with E-state index in [0.717, 1.165) is 12.1 Å². The molecule has 0 aliphatic heterocycles. The molecule has 0 saturated carbocycles. The van der Waals surface area contributed by atoms with Crippen LogP contribution in [0, 0.1) is 0 Å². The number of aromatic nitrogens is 2. The van der Waals surface area contributed by atoms with Crippen molar-refractivity contribution in [2.24, 2.45) is 5.73 Å². The largest absolute Gasteiger partial charge is 0.389 e. The maximum Gasteiger partial charge on any atom is 0.277 e. The van der Waals surface area contributed by atoms with Gasteiger partial charge in [0.15, 0.2) is 0 Å². The van der Waals surface area contributed by atoms with Crippen molar-refractivity contribution in [2.45, 2.75) is 46.1 Å². The van der Waals surface area contributed by atoms with Crippen LogP contribution in [0.1, 0.15) is 45.4 Å². The summed E-state index contributed by atoms with van der Waals surface area (Å²) in [7, 11) is 0. The number of nitrogens with two attached hydrogens (primary N) is 1. The number of rotatable bonds is 3. The van der Waals surface area contributed by atoms with Crippen molar-refractivity contribution in [1.82, 2.24) is 9.78 Å². The first kappa shape index (κ1) is 13.8. The van der Waals surface area contributed by atoms with Gasteiger partial charge in [0, 0.05) is 12.0 Å². The number of hydrogen-bond acceptors (Lipinski definition) is 3. The predicted octanol–water partition coefficient (Wildman–Crippen LogP) is 1.58. The van der Waals surface area contributed by atoms with Gasteiger partial charge in [0.2, 0.25) is 0 Å². The molecule has 0 aromatic carbocycles. The highest BCUT2D eigenvalue weighted by molar-refractivity contribution is 7.80. The second-order valence-corrected chi connectivity index (χ2v) is 5.53. The molecule has 0 unspecified atom stereocenters. The molecule has 0 fully saturated rings. The summed E-state index contributed by atoms with van der Waals surface area (Å²) in [4.78, 5) is 12.1. The van der Waals surface area contributed by atoms with Crippen molar-refractivity contribution in [2.75, 3.05) is 0 Å². The smallest absolute Gasteiger partial charge is 0.277 e. The Morgan fingerprint density at radius 2 is 2.12 bits per heavy atom. The average molecular weight is 253 g/mol. The highest BCUT2D eigenvalue weighted by Gasteiger charge is 2.19. The minimum absolute atomic E-state index is 0.132. The van der Waals surface area contributed by atoms with E-state index in [1.165, 1.54) is 4.68 Å². The van der Waals surface area contributed by atoms with Crippen molar-refractivity contribution in [1.29, 1.82) is 0 Å². The lowest BCUT2D eigenvalue weighted by atomic mass is 9.91. The summed E-state index contributed by atoms with van der Waals surface area (Å²) in [5.74, 6) is 0. The molecule has 0 aliphatic rings. The second-order valence-electron chi connectivity index (χ2n) is 5.09. The van der Waals surface area contributed by atoms with Crippen molar-refractivity contribution in [3.63, 3.8) is 0 Å². The summed E-state index contributed by atoms with van der Waals surface area (Å²) >= 11 is 4.91. The normalized spacial score (nSPS) is 11.5. The molecular weight excluding hydrogens is 234 g/mol. The Kier molecular flexibility index (Phi) is 4.03. The zero-order valence-electron chi connectivity index (χ0n) is 10.8. The molecule has 1 rings (SSSR count). The number of aryl methyl sites for hydroxylation is 1. The van der Waals surface area contributed by atoms with Gasteiger partial charge in [-0.1, -0.05) is 39.9 Å². The molecule has 0 atom stereocenters. The van der Waals surface area contributed by atoms with Crippen molar-refractivity contribution < 1.29 is 0 Å². The molecular formula is C12H19N3OS. The minimum atomic E-state index is -0.202. The van der Waals surface area contributed by atoms with Crippen LogP contribution in [-0.4, -0.2) is 14.8 Å². The Hall–Kier alpha value is -1.23. The van der Waals surface area contributed by atoms with Gasteiger partial charge in [-0.05, 0) is 12.5 Å². The van der Waals surface area contributed by atoms with Crippen LogP contribution >= 0.6 is 12.2 Å². The summed E-state index contributed by atoms with van der Waals surface area (Å²) in [6.45, 7) is 8.70. The minimum Gasteiger partial charge on any atom is -0.389 e. The van der Waals surface area contributed by atoms with Gasteiger partial charge in [0.1, 0.15) is 4.99 Å². The summed E-state index contributed by atoms with van der Waals surface area (Å²) in [6.07, 6.45) is 0.845. The van der Waals surface area contributed by atoms with Gasteiger partial charge in [0.25, 0.3) is 5.56 Å². The fourth-order valence-corrected chi connectivity index (χ4v) is 1.59. The van der Waals surface area contributed by atoms with E-state index in [2.05, 4.69) is 5.10 Å². The van der Waals surface area contributed by atoms with Gasteiger partial charge in [-0.2, -0.15) is 5.10 Å². The first-order chi connectivity index (χ1) is 7.77. The van der Waals surface area contributed by atoms with Crippen LogP contribution in [0.3, 0.4) is 0 Å². The summed E-state index contributed by atoms with van der Waals surface area (Å²) in [5.41, 5.74) is 6.45. The van der Waals surface area contributed by atoms with E-state index in [1.54, 1.807) is 6.07 Å². The van der Waals surface area contributed by atoms with E-state index in [1.807, 2.05) is 27.7 Å². The lowest BCUT2D eigenvalue weighted by Crippen LogP contribution is -2.33. The van der Waals surface area contributed by atoms with Gasteiger partial charge in [-0.3, -0.25) is 4.79 Å². The van der Waals surface area contributed by atoms with Crippen molar-refractivity contribution >= 4 is 17.2 Å². The van der Waals surface area contributed by atoms with Crippen LogP contribution in [0.2, 0.25) is 0 Å². The third-order valence-corrected chi connectivity index (χ3v) is 2.66. The van der Waals surface area contributed by atoms with Crippen molar-refractivity contribution in [3.8, 4) is 0 Å². The molecule has 2 N–H and O–H groups in total. The number of nitrogens with zero attached hydrogens (tertiary/aromatic N) is 2. The van der Waals surface area contributed by atoms with Gasteiger partial charge in [-0.15, -0.1) is 0 Å². The molecule has 17 heavy (non-hydrogen) atoms. The highest BCUT2D eigenvalue weighted by Crippen LogP contribution is 2.19. The first-order valence-electron chi connectivity index (χ1n) is 5.69. The molecule has 1 heterocycles. The Bertz CT molecular complexity index is 486. The van der Waals surface area contributed by atoms with Crippen LogP contribution in [0.15, 0.2) is 10.9 Å². The van der Waals surface area contributed by atoms with Crippen LogP contribution in [-0.2, 0) is 12.0 Å². The molecule has 94 valence electrons. The molecule has 0 aliphatic carbocycles. The van der Waals surface area contributed by atoms with Crippen molar-refractivity contribution in [3.05, 3.63) is 27.7 Å². The predicted molar refractivity (Wildman–Crippen MR) is 73.4 cm³/mol. The van der Waals surface area contributed by atoms with Gasteiger partial charge in [-0.25, -0.2) is 4.68 Å². The molecule has 0 amide bonds. The molecule has 0 radical (unpaired) electrons. The van der Waals surface area contributed by atoms with Crippen LogP contribution in [0.5, 0.6) is 0 Å². The van der Waals surface area contributed by atoms with Crippen LogP contribution in [0.25, 0.3) is 0 Å². The van der Waals surface area contributed by atoms with E-state index >= 15 is 0 Å². The Labute approximate surface area is 107 Å². The maximum atomic E-state index is 12.0. The van der Waals surface area contributed by atoms with Crippen LogP contribution < -0.4 is 11.3 Å². The highest BCUT2D eigenvalue weighted by atomic mass is 32.1. The zero-order chi connectivity index (χ0) is 13.2. The quantitative estimate of drug-likeness (QED) is 0.831. The third-order valence-electron chi connectivity index (χ3n) is 2.44. The molecule has 1 aromatic heterocycles. The maximum absolute atomic E-state index is 12.0. The lowest BCUT2D eigenvalue weighted by molar-refractivity contribution is 0.495. The standard InChI is InChI=1S/C12H19N3OS/c1-5-6-15-11(16)8(10(13)17)7-9(14-15)12(2,3)4/h7H,5-6H2,1-4H3,(H2,13,17). The lowest BCUT2D eigenvalue weighted by Gasteiger charge is -2.19. The van der Waals surface area contributed by atoms with E-state index < -0.39 is 0 Å². The summed E-state index contributed by atoms with van der Waals surface area (Å²) in [5, 5.41) is 4.37.